The summed E-state index contributed by atoms with van der Waals surface area (Å²) in [6, 6.07) is 0. The topological polar surface area (TPSA) is 72.2 Å². The van der Waals surface area contributed by atoms with Gasteiger partial charge in [0.1, 0.15) is 5.00 Å². The smallest absolute Gasteiger partial charge is 0.365 e. The Hall–Kier alpha value is -1.57. The number of thiophene rings is 1. The molecule has 0 radical (unpaired) electrons. The predicted molar refractivity (Wildman–Crippen MR) is 87.1 cm³/mol. The predicted octanol–water partition coefficient (Wildman–Crippen LogP) is 3.89. The lowest BCUT2D eigenvalue weighted by Gasteiger charge is -2.36. The Labute approximate surface area is 142 Å². The Kier molecular flexibility index (Phi) is 4.99. The molecule has 0 saturated heterocycles. The van der Waals surface area contributed by atoms with Gasteiger partial charge in [-0.1, -0.05) is 27.2 Å². The maximum absolute atomic E-state index is 12.5. The molecular weight excluding hydrogens is 341 g/mol. The molecule has 1 unspecified atom stereocenters. The third-order valence-corrected chi connectivity index (χ3v) is 6.18. The Morgan fingerprint density at radius 3 is 2.46 bits per heavy atom. The molecule has 0 fully saturated rings. The first-order valence-corrected chi connectivity index (χ1v) is 8.61. The van der Waals surface area contributed by atoms with Gasteiger partial charge < -0.3 is 11.1 Å². The standard InChI is InChI=1S/C16H21F3N2O2S/c1-4-15(2,3)8-5-6-9-10(7-8)24-13(11(9)12(20)22)21-14(23)16(17,18)19/h8H,4-7H2,1-3H3,(H2,20,22)(H,21,23). The number of nitrogens with one attached hydrogen (secondary N) is 1. The van der Waals surface area contributed by atoms with E-state index >= 15 is 0 Å². The van der Waals surface area contributed by atoms with Crippen molar-refractivity contribution in [2.75, 3.05) is 5.32 Å². The highest BCUT2D eigenvalue weighted by Gasteiger charge is 2.41. The van der Waals surface area contributed by atoms with Crippen LogP contribution in [0.15, 0.2) is 0 Å². The van der Waals surface area contributed by atoms with E-state index in [1.54, 1.807) is 0 Å². The van der Waals surface area contributed by atoms with Gasteiger partial charge in [0, 0.05) is 4.88 Å². The Bertz CT molecular complexity index is 665. The number of primary amides is 1. The summed E-state index contributed by atoms with van der Waals surface area (Å²) in [7, 11) is 0. The van der Waals surface area contributed by atoms with Crippen LogP contribution in [0.1, 0.15) is 54.4 Å². The van der Waals surface area contributed by atoms with Crippen LogP contribution < -0.4 is 11.1 Å². The van der Waals surface area contributed by atoms with Crippen LogP contribution in [0, 0.1) is 11.3 Å². The second-order valence-corrected chi connectivity index (χ2v) is 7.91. The van der Waals surface area contributed by atoms with Crippen molar-refractivity contribution in [3.05, 3.63) is 16.0 Å². The molecule has 3 N–H and O–H groups in total. The lowest BCUT2D eigenvalue weighted by molar-refractivity contribution is -0.167. The molecular formula is C16H21F3N2O2S. The highest BCUT2D eigenvalue weighted by Crippen LogP contribution is 2.45. The molecule has 4 nitrogen and oxygen atoms in total. The number of amides is 2. The molecule has 0 saturated carbocycles. The SMILES string of the molecule is CCC(C)(C)C1CCc2c(sc(NC(=O)C(F)(F)F)c2C(N)=O)C1. The molecule has 2 rings (SSSR count). The minimum absolute atomic E-state index is 0.0281. The summed E-state index contributed by atoms with van der Waals surface area (Å²) in [4.78, 5) is 23.8. The number of carbonyl (C=O) groups excluding carboxylic acids is 2. The van der Waals surface area contributed by atoms with E-state index in [1.165, 1.54) is 0 Å². The van der Waals surface area contributed by atoms with Crippen LogP contribution in [-0.4, -0.2) is 18.0 Å². The quantitative estimate of drug-likeness (QED) is 0.853. The number of halogens is 3. The van der Waals surface area contributed by atoms with Crippen molar-refractivity contribution in [1.29, 1.82) is 0 Å². The summed E-state index contributed by atoms with van der Waals surface area (Å²) in [5.41, 5.74) is 6.17. The lowest BCUT2D eigenvalue weighted by Crippen LogP contribution is -2.31. The summed E-state index contributed by atoms with van der Waals surface area (Å²) < 4.78 is 37.5. The molecule has 1 aliphatic carbocycles. The van der Waals surface area contributed by atoms with Crippen LogP contribution in [0.25, 0.3) is 0 Å². The van der Waals surface area contributed by atoms with Gasteiger partial charge >= 0.3 is 12.1 Å². The van der Waals surface area contributed by atoms with E-state index in [9.17, 15) is 22.8 Å². The van der Waals surface area contributed by atoms with Crippen LogP contribution in [0.3, 0.4) is 0 Å². The Morgan fingerprint density at radius 1 is 1.33 bits per heavy atom. The van der Waals surface area contributed by atoms with E-state index in [2.05, 4.69) is 20.8 Å². The molecule has 0 bridgehead atoms. The van der Waals surface area contributed by atoms with Gasteiger partial charge in [0.25, 0.3) is 5.91 Å². The van der Waals surface area contributed by atoms with Crippen molar-refractivity contribution in [2.24, 2.45) is 17.1 Å². The van der Waals surface area contributed by atoms with Crippen LogP contribution >= 0.6 is 11.3 Å². The highest BCUT2D eigenvalue weighted by molar-refractivity contribution is 7.17. The van der Waals surface area contributed by atoms with E-state index in [-0.39, 0.29) is 16.0 Å². The van der Waals surface area contributed by atoms with Gasteiger partial charge in [-0.15, -0.1) is 11.3 Å². The number of alkyl halides is 3. The highest BCUT2D eigenvalue weighted by atomic mass is 32.1. The van der Waals surface area contributed by atoms with Gasteiger partial charge in [0.15, 0.2) is 0 Å². The van der Waals surface area contributed by atoms with Crippen molar-refractivity contribution in [2.45, 2.75) is 52.6 Å². The number of fused-ring (bicyclic) bond motifs is 1. The van der Waals surface area contributed by atoms with E-state index in [1.807, 2.05) is 5.32 Å². The summed E-state index contributed by atoms with van der Waals surface area (Å²) in [5, 5.41) is 1.72. The number of hydrogen-bond acceptors (Lipinski definition) is 3. The van der Waals surface area contributed by atoms with Crippen LogP contribution in [0.5, 0.6) is 0 Å². The zero-order valence-corrected chi connectivity index (χ0v) is 14.7. The molecule has 1 atom stereocenters. The minimum atomic E-state index is -5.01. The molecule has 134 valence electrons. The van der Waals surface area contributed by atoms with Gasteiger partial charge in [-0.2, -0.15) is 13.2 Å². The minimum Gasteiger partial charge on any atom is -0.365 e. The van der Waals surface area contributed by atoms with Crippen LogP contribution in [0.4, 0.5) is 18.2 Å². The first-order chi connectivity index (χ1) is 11.0. The molecule has 0 aromatic carbocycles. The third kappa shape index (κ3) is 3.58. The van der Waals surface area contributed by atoms with Crippen LogP contribution in [-0.2, 0) is 17.6 Å². The fraction of sp³-hybridized carbons (Fsp3) is 0.625. The maximum Gasteiger partial charge on any atom is 0.471 e. The first kappa shape index (κ1) is 18.8. The van der Waals surface area contributed by atoms with Crippen molar-refractivity contribution >= 4 is 28.2 Å². The first-order valence-electron chi connectivity index (χ1n) is 7.80. The molecule has 24 heavy (non-hydrogen) atoms. The summed E-state index contributed by atoms with van der Waals surface area (Å²) in [6.07, 6.45) is -1.91. The van der Waals surface area contributed by atoms with Crippen molar-refractivity contribution in [1.82, 2.24) is 0 Å². The van der Waals surface area contributed by atoms with Crippen molar-refractivity contribution in [3.8, 4) is 0 Å². The molecule has 1 aromatic heterocycles. The van der Waals surface area contributed by atoms with Gasteiger partial charge in [-0.05, 0) is 36.2 Å². The van der Waals surface area contributed by atoms with E-state index in [0.29, 0.717) is 24.3 Å². The Balaban J connectivity index is 2.36. The largest absolute Gasteiger partial charge is 0.471 e. The normalized spacial score (nSPS) is 18.2. The van der Waals surface area contributed by atoms with Crippen molar-refractivity contribution < 1.29 is 22.8 Å². The monoisotopic (exact) mass is 362 g/mol. The lowest BCUT2D eigenvalue weighted by atomic mass is 9.69. The molecule has 0 spiro atoms. The molecule has 1 heterocycles. The van der Waals surface area contributed by atoms with Crippen molar-refractivity contribution in [3.63, 3.8) is 0 Å². The molecule has 1 aliphatic rings. The zero-order chi connectivity index (χ0) is 18.3. The molecule has 1 aromatic rings. The van der Waals surface area contributed by atoms with Gasteiger partial charge in [0.2, 0.25) is 0 Å². The van der Waals surface area contributed by atoms with E-state index in [0.717, 1.165) is 29.1 Å². The molecule has 0 aliphatic heterocycles. The van der Waals surface area contributed by atoms with Crippen LogP contribution in [0.2, 0.25) is 0 Å². The van der Waals surface area contributed by atoms with E-state index in [4.69, 9.17) is 5.73 Å². The maximum atomic E-state index is 12.5. The average molecular weight is 362 g/mol. The van der Waals surface area contributed by atoms with E-state index < -0.39 is 18.0 Å². The van der Waals surface area contributed by atoms with Gasteiger partial charge in [-0.3, -0.25) is 9.59 Å². The number of hydrogen-bond donors (Lipinski definition) is 2. The van der Waals surface area contributed by atoms with Gasteiger partial charge in [0.05, 0.1) is 5.56 Å². The fourth-order valence-corrected chi connectivity index (χ4v) is 4.39. The second kappa shape index (κ2) is 6.38. The number of rotatable bonds is 4. The molecule has 2 amide bonds. The van der Waals surface area contributed by atoms with Gasteiger partial charge in [-0.25, -0.2) is 0 Å². The zero-order valence-electron chi connectivity index (χ0n) is 13.8. The summed E-state index contributed by atoms with van der Waals surface area (Å²) in [5.74, 6) is -2.52. The average Bonchev–Trinajstić information content (AvgIpc) is 2.83. The third-order valence-electron chi connectivity index (χ3n) is 5.01. The fourth-order valence-electron chi connectivity index (χ4n) is 3.06. The Morgan fingerprint density at radius 2 is 1.96 bits per heavy atom. The second-order valence-electron chi connectivity index (χ2n) is 6.81. The number of nitrogens with two attached hydrogens (primary N) is 1. The summed E-state index contributed by atoms with van der Waals surface area (Å²) in [6.45, 7) is 6.43. The number of carbonyl (C=O) groups is 2. The number of anilines is 1. The summed E-state index contributed by atoms with van der Waals surface area (Å²) >= 11 is 1.03. The molecule has 8 heteroatoms.